The number of carbonyl (C=O) groups excluding carboxylic acids is 1. The summed E-state index contributed by atoms with van der Waals surface area (Å²) in [5.41, 5.74) is 2.44. The van der Waals surface area contributed by atoms with Gasteiger partial charge in [-0.1, -0.05) is 0 Å². The van der Waals surface area contributed by atoms with Crippen LogP contribution < -0.4 is 5.32 Å². The summed E-state index contributed by atoms with van der Waals surface area (Å²) in [7, 11) is 2.13. The monoisotopic (exact) mass is 315 g/mol. The molecular formula is C18H26BNO3. The van der Waals surface area contributed by atoms with E-state index in [1.807, 2.05) is 6.07 Å². The Bertz CT molecular complexity index is 515. The summed E-state index contributed by atoms with van der Waals surface area (Å²) in [6.45, 7) is 0. The number of esters is 1. The quantitative estimate of drug-likeness (QED) is 0.591. The Morgan fingerprint density at radius 2 is 2.04 bits per heavy atom. The van der Waals surface area contributed by atoms with Crippen molar-refractivity contribution in [3.8, 4) is 0 Å². The van der Waals surface area contributed by atoms with Crippen molar-refractivity contribution in [2.75, 3.05) is 13.6 Å². The van der Waals surface area contributed by atoms with Crippen LogP contribution in [0.1, 0.15) is 43.2 Å². The number of ether oxygens (including phenoxy) is 1. The molecule has 0 aliphatic heterocycles. The first-order valence-electron chi connectivity index (χ1n) is 8.55. The van der Waals surface area contributed by atoms with E-state index in [0.29, 0.717) is 6.42 Å². The molecule has 0 unspecified atom stereocenters. The van der Waals surface area contributed by atoms with Gasteiger partial charge < -0.3 is 0 Å². The second-order valence-electron chi connectivity index (χ2n) is 6.38. The molecule has 0 spiro atoms. The molecule has 1 fully saturated rings. The average Bonchev–Trinajstić information content (AvgIpc) is 2.59. The fourth-order valence-electron chi connectivity index (χ4n) is 3.42. The van der Waals surface area contributed by atoms with Crippen molar-refractivity contribution in [3.63, 3.8) is 0 Å². The molecule has 5 heteroatoms. The molecule has 23 heavy (non-hydrogen) atoms. The third-order valence-corrected chi connectivity index (χ3v) is 4.61. The Labute approximate surface area is 139 Å². The molecule has 1 aliphatic carbocycles. The topological polar surface area (TPSA) is 55.4 Å². The van der Waals surface area contributed by atoms with Crippen LogP contribution in [0.15, 0.2) is 24.3 Å². The molecule has 1 atom stereocenters. The molecule has 4 nitrogen and oxygen atoms in total. The van der Waals surface area contributed by atoms with Crippen LogP contribution in [0, 0.1) is 5.92 Å². The maximum absolute atomic E-state index is 11.8. The minimum absolute atomic E-state index is 0.154. The number of benzene rings is 1. The summed E-state index contributed by atoms with van der Waals surface area (Å²) in [6, 6.07) is 7.97. The van der Waals surface area contributed by atoms with Crippen molar-refractivity contribution in [3.05, 3.63) is 35.4 Å². The third-order valence-electron chi connectivity index (χ3n) is 4.61. The van der Waals surface area contributed by atoms with Crippen molar-refractivity contribution in [1.29, 1.82) is 0 Å². The summed E-state index contributed by atoms with van der Waals surface area (Å²) in [4.78, 5) is 11.8. The predicted molar refractivity (Wildman–Crippen MR) is 90.7 cm³/mol. The van der Waals surface area contributed by atoms with E-state index < -0.39 is 6.04 Å². The van der Waals surface area contributed by atoms with E-state index in [9.17, 15) is 9.50 Å². The van der Waals surface area contributed by atoms with Crippen LogP contribution in [0.3, 0.4) is 0 Å². The fraction of sp³-hybridized carbons (Fsp3) is 0.611. The van der Waals surface area contributed by atoms with Gasteiger partial charge in [-0.2, -0.15) is 0 Å². The van der Waals surface area contributed by atoms with Gasteiger partial charge in [0.15, 0.2) is 0 Å². The number of hydrogen-bond donors (Lipinski definition) is 1. The van der Waals surface area contributed by atoms with Gasteiger partial charge in [-0.3, -0.25) is 0 Å². The van der Waals surface area contributed by atoms with Gasteiger partial charge in [-0.25, -0.2) is 0 Å². The van der Waals surface area contributed by atoms with Crippen molar-refractivity contribution in [2.24, 2.45) is 5.92 Å². The Kier molecular flexibility index (Phi) is 7.46. The second kappa shape index (κ2) is 9.61. The molecule has 1 aromatic rings. The van der Waals surface area contributed by atoms with Crippen molar-refractivity contribution >= 4 is 13.1 Å². The Morgan fingerprint density at radius 3 is 2.74 bits per heavy atom. The molecule has 0 radical (unpaired) electrons. The van der Waals surface area contributed by atoms with Gasteiger partial charge in [0.25, 0.3) is 0 Å². The van der Waals surface area contributed by atoms with Crippen LogP contribution in [0.4, 0.5) is 0 Å². The SMILES string of the molecule is COC(=O)[C@H](Cc1cccc(CC2CCCCC2)c1)NCB=O. The first-order chi connectivity index (χ1) is 11.2. The van der Waals surface area contributed by atoms with E-state index in [1.165, 1.54) is 44.8 Å². The minimum atomic E-state index is -0.477. The van der Waals surface area contributed by atoms with E-state index in [1.54, 1.807) is 0 Å². The van der Waals surface area contributed by atoms with Gasteiger partial charge in [0.1, 0.15) is 0 Å². The number of hydrogen-bond acceptors (Lipinski definition) is 4. The van der Waals surface area contributed by atoms with Crippen LogP contribution >= 0.6 is 0 Å². The van der Waals surface area contributed by atoms with Crippen LogP contribution in [0.5, 0.6) is 0 Å². The summed E-state index contributed by atoms with van der Waals surface area (Å²) in [6.07, 6.45) is 8.55. The van der Waals surface area contributed by atoms with Gasteiger partial charge in [-0.05, 0) is 0 Å². The van der Waals surface area contributed by atoms with E-state index >= 15 is 0 Å². The Hall–Kier alpha value is -1.49. The third kappa shape index (κ3) is 5.90. The normalized spacial score (nSPS) is 16.6. The summed E-state index contributed by atoms with van der Waals surface area (Å²) in [5, 5.41) is 2.93. The number of rotatable bonds is 8. The standard InChI is InChI=1S/C18H26BNO3/c1-23-18(21)17(20-13-19-22)12-16-9-5-8-15(11-16)10-14-6-3-2-4-7-14/h5,8-9,11,14,17,20H,2-4,6-7,10,12-13H2,1H3/t17-/m0/s1. The first-order valence-corrected chi connectivity index (χ1v) is 8.55. The van der Waals surface area contributed by atoms with Crippen LogP contribution in [-0.4, -0.2) is 32.7 Å². The molecule has 1 saturated carbocycles. The molecule has 0 bridgehead atoms. The van der Waals surface area contributed by atoms with E-state index in [0.717, 1.165) is 25.1 Å². The number of carbonyl (C=O) groups is 1. The average molecular weight is 315 g/mol. The molecule has 0 saturated heterocycles. The van der Waals surface area contributed by atoms with E-state index in [-0.39, 0.29) is 12.4 Å². The molecule has 1 aromatic carbocycles. The van der Waals surface area contributed by atoms with Crippen molar-refractivity contribution in [2.45, 2.75) is 51.0 Å². The van der Waals surface area contributed by atoms with Crippen molar-refractivity contribution in [1.82, 2.24) is 5.32 Å². The molecule has 124 valence electrons. The van der Waals surface area contributed by atoms with Gasteiger partial charge in [0, 0.05) is 0 Å². The predicted octanol–water partition coefficient (Wildman–Crippen LogP) is 2.49. The zero-order chi connectivity index (χ0) is 16.5. The van der Waals surface area contributed by atoms with Gasteiger partial charge in [0.05, 0.1) is 0 Å². The molecule has 1 aliphatic rings. The number of nitrogens with one attached hydrogen (secondary N) is 1. The molecule has 0 heterocycles. The van der Waals surface area contributed by atoms with E-state index in [4.69, 9.17) is 4.74 Å². The van der Waals surface area contributed by atoms with Gasteiger partial charge in [0.2, 0.25) is 0 Å². The van der Waals surface area contributed by atoms with Crippen LogP contribution in [-0.2, 0) is 27.1 Å². The van der Waals surface area contributed by atoms with E-state index in [2.05, 4.69) is 23.5 Å². The molecule has 0 amide bonds. The first kappa shape index (κ1) is 17.9. The number of methoxy groups -OCH3 is 1. The Morgan fingerprint density at radius 1 is 1.30 bits per heavy atom. The fourth-order valence-corrected chi connectivity index (χ4v) is 3.42. The summed E-state index contributed by atoms with van der Waals surface area (Å²) < 4.78 is 15.3. The zero-order valence-corrected chi connectivity index (χ0v) is 13.9. The summed E-state index contributed by atoms with van der Waals surface area (Å²) >= 11 is 0. The van der Waals surface area contributed by atoms with Crippen LogP contribution in [0.2, 0.25) is 0 Å². The van der Waals surface area contributed by atoms with Gasteiger partial charge >= 0.3 is 139 Å². The second-order valence-corrected chi connectivity index (χ2v) is 6.38. The molecular weight excluding hydrogens is 289 g/mol. The molecule has 1 N–H and O–H groups in total. The molecule has 2 rings (SSSR count). The summed E-state index contributed by atoms with van der Waals surface area (Å²) in [5.74, 6) is 0.466. The molecule has 0 aromatic heterocycles. The Balaban J connectivity index is 1.99. The zero-order valence-electron chi connectivity index (χ0n) is 13.9. The maximum atomic E-state index is 11.8. The van der Waals surface area contributed by atoms with Gasteiger partial charge in [-0.15, -0.1) is 0 Å². The van der Waals surface area contributed by atoms with Crippen LogP contribution in [0.25, 0.3) is 0 Å². The van der Waals surface area contributed by atoms with Crippen molar-refractivity contribution < 1.29 is 14.2 Å².